The highest BCUT2D eigenvalue weighted by atomic mass is 16.5. The molecule has 2 atom stereocenters. The van der Waals surface area contributed by atoms with Crippen molar-refractivity contribution >= 4 is 5.97 Å². The van der Waals surface area contributed by atoms with Crippen LogP contribution in [0, 0.1) is 5.92 Å². The summed E-state index contributed by atoms with van der Waals surface area (Å²) < 4.78 is 4.92. The number of ether oxygens (including phenoxy) is 1. The minimum atomic E-state index is -1.21. The molecule has 0 saturated heterocycles. The number of carbonyl (C=O) groups excluding carboxylic acids is 1. The average Bonchev–Trinajstić information content (AvgIpc) is 2.41. The highest BCUT2D eigenvalue weighted by Gasteiger charge is 2.38. The zero-order valence-corrected chi connectivity index (χ0v) is 9.79. The van der Waals surface area contributed by atoms with Gasteiger partial charge in [0.1, 0.15) is 0 Å². The Kier molecular flexibility index (Phi) is 4.58. The standard InChI is InChI=1S/C12H22O3/c1-3-10-6-5-8-12(14,9-7-10)11(13)15-4-2/h10,14H,3-9H2,1-2H3. The van der Waals surface area contributed by atoms with Crippen LogP contribution >= 0.6 is 0 Å². The van der Waals surface area contributed by atoms with Gasteiger partial charge in [-0.25, -0.2) is 4.79 Å². The van der Waals surface area contributed by atoms with E-state index >= 15 is 0 Å². The molecular formula is C12H22O3. The fraction of sp³-hybridized carbons (Fsp3) is 0.917. The molecule has 0 aliphatic heterocycles. The maximum atomic E-state index is 11.6. The highest BCUT2D eigenvalue weighted by molar-refractivity contribution is 5.79. The van der Waals surface area contributed by atoms with Crippen molar-refractivity contribution in [3.63, 3.8) is 0 Å². The third-order valence-corrected chi connectivity index (χ3v) is 3.40. The van der Waals surface area contributed by atoms with Gasteiger partial charge in [0.15, 0.2) is 5.60 Å². The quantitative estimate of drug-likeness (QED) is 0.579. The molecule has 0 radical (unpaired) electrons. The van der Waals surface area contributed by atoms with Crippen molar-refractivity contribution in [2.45, 2.75) is 58.0 Å². The van der Waals surface area contributed by atoms with Gasteiger partial charge in [-0.3, -0.25) is 0 Å². The van der Waals surface area contributed by atoms with E-state index in [4.69, 9.17) is 4.74 Å². The largest absolute Gasteiger partial charge is 0.464 e. The molecule has 3 nitrogen and oxygen atoms in total. The SMILES string of the molecule is CCOC(=O)C1(O)CCCC(CC)CC1. The first-order chi connectivity index (χ1) is 7.12. The Morgan fingerprint density at radius 2 is 2.13 bits per heavy atom. The zero-order chi connectivity index (χ0) is 11.3. The van der Waals surface area contributed by atoms with Crippen molar-refractivity contribution in [1.82, 2.24) is 0 Å². The predicted molar refractivity (Wildman–Crippen MR) is 58.4 cm³/mol. The molecule has 0 aromatic carbocycles. The molecule has 0 aromatic heterocycles. The number of aliphatic hydroxyl groups is 1. The number of hydrogen-bond donors (Lipinski definition) is 1. The van der Waals surface area contributed by atoms with E-state index < -0.39 is 11.6 Å². The van der Waals surface area contributed by atoms with Crippen molar-refractivity contribution in [2.24, 2.45) is 5.92 Å². The van der Waals surface area contributed by atoms with Gasteiger partial charge in [0, 0.05) is 0 Å². The molecular weight excluding hydrogens is 192 g/mol. The molecule has 1 aliphatic rings. The smallest absolute Gasteiger partial charge is 0.338 e. The molecule has 2 unspecified atom stereocenters. The molecule has 1 N–H and O–H groups in total. The molecule has 3 heteroatoms. The van der Waals surface area contributed by atoms with E-state index in [-0.39, 0.29) is 0 Å². The molecule has 88 valence electrons. The van der Waals surface area contributed by atoms with Crippen LogP contribution in [0.5, 0.6) is 0 Å². The predicted octanol–water partition coefficient (Wildman–Crippen LogP) is 2.27. The van der Waals surface area contributed by atoms with Gasteiger partial charge < -0.3 is 9.84 Å². The summed E-state index contributed by atoms with van der Waals surface area (Å²) in [5.74, 6) is 0.232. The van der Waals surface area contributed by atoms with E-state index in [2.05, 4.69) is 6.92 Å². The van der Waals surface area contributed by atoms with Crippen LogP contribution in [0.4, 0.5) is 0 Å². The van der Waals surface area contributed by atoms with Crippen LogP contribution in [0.2, 0.25) is 0 Å². The average molecular weight is 214 g/mol. The Hall–Kier alpha value is -0.570. The van der Waals surface area contributed by atoms with Crippen molar-refractivity contribution in [2.75, 3.05) is 6.61 Å². The first-order valence-corrected chi connectivity index (χ1v) is 6.02. The molecule has 15 heavy (non-hydrogen) atoms. The lowest BCUT2D eigenvalue weighted by Crippen LogP contribution is -2.39. The normalized spacial score (nSPS) is 32.1. The van der Waals surface area contributed by atoms with Gasteiger partial charge in [0.05, 0.1) is 6.61 Å². The maximum absolute atomic E-state index is 11.6. The first kappa shape index (κ1) is 12.5. The third kappa shape index (κ3) is 3.20. The van der Waals surface area contributed by atoms with Crippen molar-refractivity contribution in [3.05, 3.63) is 0 Å². The van der Waals surface area contributed by atoms with Crippen LogP contribution in [0.1, 0.15) is 52.4 Å². The van der Waals surface area contributed by atoms with Crippen molar-refractivity contribution < 1.29 is 14.6 Å². The Morgan fingerprint density at radius 3 is 2.73 bits per heavy atom. The number of rotatable bonds is 3. The molecule has 1 saturated carbocycles. The molecule has 1 rings (SSSR count). The van der Waals surface area contributed by atoms with Crippen molar-refractivity contribution in [3.8, 4) is 0 Å². The van der Waals surface area contributed by atoms with E-state index in [1.54, 1.807) is 6.92 Å². The van der Waals surface area contributed by atoms with Crippen LogP contribution < -0.4 is 0 Å². The summed E-state index contributed by atoms with van der Waals surface area (Å²) in [6.45, 7) is 4.28. The van der Waals surface area contributed by atoms with Gasteiger partial charge in [-0.2, -0.15) is 0 Å². The second-order valence-electron chi connectivity index (χ2n) is 4.46. The summed E-state index contributed by atoms with van der Waals surface area (Å²) in [5, 5.41) is 10.2. The van der Waals surface area contributed by atoms with Gasteiger partial charge in [0.25, 0.3) is 0 Å². The maximum Gasteiger partial charge on any atom is 0.338 e. The fourth-order valence-electron chi connectivity index (χ4n) is 2.27. The topological polar surface area (TPSA) is 46.5 Å². The van der Waals surface area contributed by atoms with E-state index in [0.717, 1.165) is 25.7 Å². The van der Waals surface area contributed by atoms with Crippen LogP contribution in [0.25, 0.3) is 0 Å². The number of hydrogen-bond acceptors (Lipinski definition) is 3. The second-order valence-corrected chi connectivity index (χ2v) is 4.46. The Morgan fingerprint density at radius 1 is 1.40 bits per heavy atom. The Labute approximate surface area is 91.8 Å². The minimum absolute atomic E-state index is 0.346. The lowest BCUT2D eigenvalue weighted by atomic mass is 9.93. The lowest BCUT2D eigenvalue weighted by Gasteiger charge is -2.23. The van der Waals surface area contributed by atoms with E-state index in [0.29, 0.717) is 25.4 Å². The molecule has 1 fully saturated rings. The van der Waals surface area contributed by atoms with E-state index in [1.165, 1.54) is 0 Å². The number of carbonyl (C=O) groups is 1. The Bertz CT molecular complexity index is 215. The zero-order valence-electron chi connectivity index (χ0n) is 9.79. The lowest BCUT2D eigenvalue weighted by molar-refractivity contribution is -0.166. The van der Waals surface area contributed by atoms with Gasteiger partial charge >= 0.3 is 5.97 Å². The van der Waals surface area contributed by atoms with Gasteiger partial charge in [-0.1, -0.05) is 19.8 Å². The molecule has 0 bridgehead atoms. The van der Waals surface area contributed by atoms with E-state index in [9.17, 15) is 9.90 Å². The van der Waals surface area contributed by atoms with Gasteiger partial charge in [-0.15, -0.1) is 0 Å². The van der Waals surface area contributed by atoms with E-state index in [1.807, 2.05) is 0 Å². The summed E-state index contributed by atoms with van der Waals surface area (Å²) in [6.07, 6.45) is 5.24. The third-order valence-electron chi connectivity index (χ3n) is 3.40. The summed E-state index contributed by atoms with van der Waals surface area (Å²) in [4.78, 5) is 11.6. The molecule has 0 aromatic rings. The summed E-state index contributed by atoms with van der Waals surface area (Å²) in [5.41, 5.74) is -1.21. The molecule has 0 heterocycles. The van der Waals surface area contributed by atoms with Crippen molar-refractivity contribution in [1.29, 1.82) is 0 Å². The first-order valence-electron chi connectivity index (χ1n) is 6.02. The second kappa shape index (κ2) is 5.50. The van der Waals surface area contributed by atoms with Gasteiger partial charge in [0.2, 0.25) is 0 Å². The summed E-state index contributed by atoms with van der Waals surface area (Å²) in [6, 6.07) is 0. The highest BCUT2D eigenvalue weighted by Crippen LogP contribution is 2.32. The number of esters is 1. The monoisotopic (exact) mass is 214 g/mol. The van der Waals surface area contributed by atoms with Crippen LogP contribution in [-0.4, -0.2) is 23.3 Å². The minimum Gasteiger partial charge on any atom is -0.464 e. The molecule has 1 aliphatic carbocycles. The van der Waals surface area contributed by atoms with Crippen LogP contribution in [-0.2, 0) is 9.53 Å². The summed E-state index contributed by atoms with van der Waals surface area (Å²) in [7, 11) is 0. The molecule has 0 spiro atoms. The fourth-order valence-corrected chi connectivity index (χ4v) is 2.27. The van der Waals surface area contributed by atoms with Crippen LogP contribution in [0.3, 0.4) is 0 Å². The van der Waals surface area contributed by atoms with Gasteiger partial charge in [-0.05, 0) is 38.5 Å². The van der Waals surface area contributed by atoms with Crippen LogP contribution in [0.15, 0.2) is 0 Å². The summed E-state index contributed by atoms with van der Waals surface area (Å²) >= 11 is 0. The Balaban J connectivity index is 2.57. The molecule has 0 amide bonds.